The Balaban J connectivity index is 2.18. The van der Waals surface area contributed by atoms with Crippen molar-refractivity contribution in [3.63, 3.8) is 0 Å². The maximum Gasteiger partial charge on any atom is 0.222 e. The van der Waals surface area contributed by atoms with Crippen molar-refractivity contribution >= 4 is 5.91 Å². The van der Waals surface area contributed by atoms with Crippen LogP contribution in [0.25, 0.3) is 0 Å². The highest BCUT2D eigenvalue weighted by molar-refractivity contribution is 5.76. The van der Waals surface area contributed by atoms with E-state index in [0.29, 0.717) is 39.1 Å². The molecule has 0 unspecified atom stereocenters. The molecule has 136 valence electrons. The second-order valence-electron chi connectivity index (χ2n) is 6.54. The molecule has 2 N–H and O–H groups in total. The SMILES string of the molecule is CNC[C@H]1OCc2cn(nn2)CCCC(=O)N([C@H](C)CO)C[C@@H]1C. The summed E-state index contributed by atoms with van der Waals surface area (Å²) >= 11 is 0. The molecule has 0 fully saturated rings. The third-order valence-electron chi connectivity index (χ3n) is 4.45. The molecule has 0 aliphatic carbocycles. The van der Waals surface area contributed by atoms with Crippen LogP contribution in [0.2, 0.25) is 0 Å². The lowest BCUT2D eigenvalue weighted by Crippen LogP contribution is -2.46. The summed E-state index contributed by atoms with van der Waals surface area (Å²) in [6.45, 7) is 6.21. The van der Waals surface area contributed by atoms with Gasteiger partial charge in [0.05, 0.1) is 31.6 Å². The number of fused-ring (bicyclic) bond motifs is 2. The van der Waals surface area contributed by atoms with Crippen LogP contribution in [0.5, 0.6) is 0 Å². The predicted octanol–water partition coefficient (Wildman–Crippen LogP) is 0.0220. The first-order chi connectivity index (χ1) is 11.5. The highest BCUT2D eigenvalue weighted by atomic mass is 16.5. The van der Waals surface area contributed by atoms with Crippen LogP contribution in [-0.2, 0) is 22.7 Å². The Morgan fingerprint density at radius 3 is 3.04 bits per heavy atom. The number of ether oxygens (including phenoxy) is 1. The van der Waals surface area contributed by atoms with E-state index in [1.807, 2.05) is 20.2 Å². The number of rotatable bonds is 4. The lowest BCUT2D eigenvalue weighted by molar-refractivity contribution is -0.136. The summed E-state index contributed by atoms with van der Waals surface area (Å²) in [5.41, 5.74) is 0.800. The second kappa shape index (κ2) is 9.10. The quantitative estimate of drug-likeness (QED) is 0.804. The third kappa shape index (κ3) is 4.99. The van der Waals surface area contributed by atoms with Crippen LogP contribution in [0.4, 0.5) is 0 Å². The number of carbonyl (C=O) groups is 1. The van der Waals surface area contributed by atoms with Crippen LogP contribution in [0, 0.1) is 5.92 Å². The van der Waals surface area contributed by atoms with Gasteiger partial charge < -0.3 is 20.1 Å². The van der Waals surface area contributed by atoms with Crippen LogP contribution >= 0.6 is 0 Å². The summed E-state index contributed by atoms with van der Waals surface area (Å²) < 4.78 is 7.77. The van der Waals surface area contributed by atoms with Crippen molar-refractivity contribution in [2.45, 2.75) is 52.0 Å². The fourth-order valence-corrected chi connectivity index (χ4v) is 2.92. The minimum Gasteiger partial charge on any atom is -0.394 e. The first-order valence-corrected chi connectivity index (χ1v) is 8.60. The van der Waals surface area contributed by atoms with E-state index in [2.05, 4.69) is 22.6 Å². The number of hydrogen-bond acceptors (Lipinski definition) is 6. The number of carbonyl (C=O) groups excluding carboxylic acids is 1. The number of aliphatic hydroxyl groups excluding tert-OH is 1. The molecule has 1 amide bonds. The van der Waals surface area contributed by atoms with Crippen molar-refractivity contribution in [3.8, 4) is 0 Å². The minimum atomic E-state index is -0.197. The number of aryl methyl sites for hydroxylation is 1. The van der Waals surface area contributed by atoms with Gasteiger partial charge in [0, 0.05) is 32.0 Å². The van der Waals surface area contributed by atoms with Crippen LogP contribution in [0.15, 0.2) is 6.20 Å². The Kier molecular flexibility index (Phi) is 7.14. The van der Waals surface area contributed by atoms with Crippen LogP contribution in [-0.4, -0.2) is 69.8 Å². The fraction of sp³-hybridized carbons (Fsp3) is 0.812. The van der Waals surface area contributed by atoms with Gasteiger partial charge in [-0.1, -0.05) is 12.1 Å². The lowest BCUT2D eigenvalue weighted by Gasteiger charge is -2.33. The van der Waals surface area contributed by atoms with Crippen molar-refractivity contribution in [2.75, 3.05) is 26.7 Å². The van der Waals surface area contributed by atoms with Gasteiger partial charge in [0.2, 0.25) is 5.91 Å². The topological polar surface area (TPSA) is 92.5 Å². The molecule has 0 saturated heterocycles. The van der Waals surface area contributed by atoms with Crippen LogP contribution in [0.3, 0.4) is 0 Å². The number of aliphatic hydroxyl groups is 1. The zero-order valence-corrected chi connectivity index (χ0v) is 14.8. The van der Waals surface area contributed by atoms with E-state index in [-0.39, 0.29) is 30.6 Å². The molecule has 8 nitrogen and oxygen atoms in total. The lowest BCUT2D eigenvalue weighted by atomic mass is 10.0. The van der Waals surface area contributed by atoms with Gasteiger partial charge >= 0.3 is 0 Å². The highest BCUT2D eigenvalue weighted by Gasteiger charge is 2.26. The Morgan fingerprint density at radius 2 is 2.33 bits per heavy atom. The molecular formula is C16H29N5O3. The predicted molar refractivity (Wildman–Crippen MR) is 89.2 cm³/mol. The van der Waals surface area contributed by atoms with Crippen molar-refractivity contribution in [1.29, 1.82) is 0 Å². The van der Waals surface area contributed by atoms with Crippen molar-refractivity contribution in [2.24, 2.45) is 5.92 Å². The first kappa shape index (κ1) is 18.8. The highest BCUT2D eigenvalue weighted by Crippen LogP contribution is 2.16. The maximum atomic E-state index is 12.6. The number of likely N-dealkylation sites (N-methyl/N-ethyl adjacent to an activating group) is 1. The fourth-order valence-electron chi connectivity index (χ4n) is 2.92. The number of aromatic nitrogens is 3. The molecule has 1 aliphatic rings. The molecule has 8 heteroatoms. The molecule has 1 aliphatic heterocycles. The Morgan fingerprint density at radius 1 is 1.54 bits per heavy atom. The van der Waals surface area contributed by atoms with Gasteiger partial charge in [-0.05, 0) is 20.4 Å². The molecule has 0 saturated carbocycles. The van der Waals surface area contributed by atoms with Gasteiger partial charge in [-0.2, -0.15) is 0 Å². The van der Waals surface area contributed by atoms with Gasteiger partial charge in [-0.15, -0.1) is 5.10 Å². The number of nitrogens with one attached hydrogen (secondary N) is 1. The third-order valence-corrected chi connectivity index (χ3v) is 4.45. The number of amides is 1. The summed E-state index contributed by atoms with van der Waals surface area (Å²) in [4.78, 5) is 14.4. The van der Waals surface area contributed by atoms with Crippen LogP contribution in [0.1, 0.15) is 32.4 Å². The molecule has 1 aromatic heterocycles. The summed E-state index contributed by atoms with van der Waals surface area (Å²) in [6, 6.07) is -0.197. The Hall–Kier alpha value is -1.51. The number of nitrogens with zero attached hydrogens (tertiary/aromatic N) is 4. The summed E-state index contributed by atoms with van der Waals surface area (Å²) in [5, 5.41) is 20.8. The van der Waals surface area contributed by atoms with E-state index in [4.69, 9.17) is 4.74 Å². The maximum absolute atomic E-state index is 12.6. The molecule has 2 rings (SSSR count). The molecule has 0 spiro atoms. The van der Waals surface area contributed by atoms with Crippen molar-refractivity contribution < 1.29 is 14.6 Å². The van der Waals surface area contributed by atoms with Crippen molar-refractivity contribution in [3.05, 3.63) is 11.9 Å². The Bertz CT molecular complexity index is 522. The van der Waals surface area contributed by atoms with E-state index in [1.54, 1.807) is 9.58 Å². The standard InChI is InChI=1S/C16H29N5O3/c1-12-8-21(13(2)10-22)16(23)5-4-6-20-9-14(18-19-20)11-24-15(12)7-17-3/h9,12-13,15,17,22H,4-8,10-11H2,1-3H3/t12-,13+,15+/m0/s1. The minimum absolute atomic E-state index is 0.0396. The van der Waals surface area contributed by atoms with Gasteiger partial charge in [-0.25, -0.2) is 0 Å². The Labute approximate surface area is 143 Å². The molecule has 1 aromatic rings. The molecule has 3 atom stereocenters. The molecule has 0 aromatic carbocycles. The normalized spacial score (nSPS) is 24.8. The van der Waals surface area contributed by atoms with E-state index >= 15 is 0 Å². The molecule has 2 heterocycles. The van der Waals surface area contributed by atoms with E-state index in [9.17, 15) is 9.90 Å². The average molecular weight is 339 g/mol. The van der Waals surface area contributed by atoms with Gasteiger partial charge in [0.1, 0.15) is 5.69 Å². The van der Waals surface area contributed by atoms with E-state index < -0.39 is 0 Å². The average Bonchev–Trinajstić information content (AvgIpc) is 3.02. The zero-order chi connectivity index (χ0) is 17.5. The monoisotopic (exact) mass is 339 g/mol. The number of hydrogen-bond donors (Lipinski definition) is 2. The summed E-state index contributed by atoms with van der Waals surface area (Å²) in [5.74, 6) is 0.192. The molecular weight excluding hydrogens is 310 g/mol. The van der Waals surface area contributed by atoms with Crippen molar-refractivity contribution in [1.82, 2.24) is 25.2 Å². The first-order valence-electron chi connectivity index (χ1n) is 8.60. The molecule has 24 heavy (non-hydrogen) atoms. The van der Waals surface area contributed by atoms with Gasteiger partial charge in [-0.3, -0.25) is 9.48 Å². The zero-order valence-electron chi connectivity index (χ0n) is 14.8. The molecule has 0 radical (unpaired) electrons. The second-order valence-corrected chi connectivity index (χ2v) is 6.54. The summed E-state index contributed by atoms with van der Waals surface area (Å²) in [7, 11) is 1.88. The largest absolute Gasteiger partial charge is 0.394 e. The molecule has 2 bridgehead atoms. The van der Waals surface area contributed by atoms with Gasteiger partial charge in [0.25, 0.3) is 0 Å². The van der Waals surface area contributed by atoms with Crippen LogP contribution < -0.4 is 5.32 Å². The van der Waals surface area contributed by atoms with E-state index in [1.165, 1.54) is 0 Å². The van der Waals surface area contributed by atoms with E-state index in [0.717, 1.165) is 5.69 Å². The smallest absolute Gasteiger partial charge is 0.222 e. The van der Waals surface area contributed by atoms with Gasteiger partial charge in [0.15, 0.2) is 0 Å². The summed E-state index contributed by atoms with van der Waals surface area (Å²) in [6.07, 6.45) is 2.95.